The molecule has 0 spiro atoms. The molecular formula is C20H25NO3. The maximum Gasteiger partial charge on any atom is 0.128 e. The molecule has 0 fully saturated rings. The Morgan fingerprint density at radius 3 is 2.50 bits per heavy atom. The largest absolute Gasteiger partial charge is 0.507 e. The predicted molar refractivity (Wildman–Crippen MR) is 96.2 cm³/mol. The summed E-state index contributed by atoms with van der Waals surface area (Å²) in [5, 5.41) is 22.9. The van der Waals surface area contributed by atoms with Gasteiger partial charge in [0.05, 0.1) is 12.3 Å². The van der Waals surface area contributed by atoms with Crippen LogP contribution in [0.5, 0.6) is 11.5 Å². The standard InChI is InChI=1S/C20H25NO3/c1-2-3-4-8-13-24-17-11-12-18(20(22)15-17)19(21-23)14-16-9-6-5-7-10-16/h5-7,9-12,15,22-23H,2-4,8,13-14H2,1H3/b21-19-. The molecule has 2 aromatic rings. The molecule has 24 heavy (non-hydrogen) atoms. The molecule has 0 aliphatic heterocycles. The van der Waals surface area contributed by atoms with Crippen molar-refractivity contribution in [3.63, 3.8) is 0 Å². The fraction of sp³-hybridized carbons (Fsp3) is 0.350. The molecule has 0 bridgehead atoms. The maximum atomic E-state index is 10.2. The van der Waals surface area contributed by atoms with E-state index in [0.717, 1.165) is 18.4 Å². The summed E-state index contributed by atoms with van der Waals surface area (Å²) in [5.74, 6) is 0.689. The number of benzene rings is 2. The number of nitrogens with zero attached hydrogens (tertiary/aromatic N) is 1. The Kier molecular flexibility index (Phi) is 7.15. The Labute approximate surface area is 143 Å². The van der Waals surface area contributed by atoms with Gasteiger partial charge in [-0.25, -0.2) is 0 Å². The molecular weight excluding hydrogens is 302 g/mol. The van der Waals surface area contributed by atoms with Crippen molar-refractivity contribution < 1.29 is 15.1 Å². The van der Waals surface area contributed by atoms with E-state index >= 15 is 0 Å². The molecule has 0 saturated heterocycles. The lowest BCUT2D eigenvalue weighted by molar-refractivity contribution is 0.303. The van der Waals surface area contributed by atoms with Crippen molar-refractivity contribution in [1.29, 1.82) is 0 Å². The molecule has 0 unspecified atom stereocenters. The summed E-state index contributed by atoms with van der Waals surface area (Å²) in [4.78, 5) is 0. The maximum absolute atomic E-state index is 10.2. The number of oxime groups is 1. The summed E-state index contributed by atoms with van der Waals surface area (Å²) in [6, 6.07) is 14.8. The minimum absolute atomic E-state index is 0.0600. The summed E-state index contributed by atoms with van der Waals surface area (Å²) >= 11 is 0. The molecule has 0 amide bonds. The van der Waals surface area contributed by atoms with Crippen molar-refractivity contribution in [2.75, 3.05) is 6.61 Å². The number of phenolic OH excluding ortho intramolecular Hbond substituents is 1. The highest BCUT2D eigenvalue weighted by Gasteiger charge is 2.12. The van der Waals surface area contributed by atoms with Crippen LogP contribution in [0, 0.1) is 0 Å². The zero-order valence-electron chi connectivity index (χ0n) is 14.1. The molecule has 0 radical (unpaired) electrons. The summed E-state index contributed by atoms with van der Waals surface area (Å²) in [5.41, 5.74) is 1.95. The van der Waals surface area contributed by atoms with Crippen LogP contribution < -0.4 is 4.74 Å². The first-order valence-corrected chi connectivity index (χ1v) is 8.45. The zero-order chi connectivity index (χ0) is 17.2. The van der Waals surface area contributed by atoms with Gasteiger partial charge in [0.1, 0.15) is 11.5 Å². The average molecular weight is 327 g/mol. The molecule has 0 aliphatic rings. The minimum Gasteiger partial charge on any atom is -0.507 e. The smallest absolute Gasteiger partial charge is 0.128 e. The van der Waals surface area contributed by atoms with Crippen LogP contribution in [0.15, 0.2) is 53.7 Å². The normalized spacial score (nSPS) is 11.5. The van der Waals surface area contributed by atoms with Gasteiger partial charge in [0, 0.05) is 18.1 Å². The summed E-state index contributed by atoms with van der Waals surface area (Å²) in [6.07, 6.45) is 5.01. The van der Waals surface area contributed by atoms with Crippen molar-refractivity contribution >= 4 is 5.71 Å². The number of aromatic hydroxyl groups is 1. The van der Waals surface area contributed by atoms with Gasteiger partial charge < -0.3 is 15.1 Å². The van der Waals surface area contributed by atoms with Crippen LogP contribution in [0.1, 0.15) is 43.7 Å². The highest BCUT2D eigenvalue weighted by molar-refractivity contribution is 6.03. The lowest BCUT2D eigenvalue weighted by Crippen LogP contribution is -2.06. The summed E-state index contributed by atoms with van der Waals surface area (Å²) in [7, 11) is 0. The molecule has 0 aliphatic carbocycles. The molecule has 4 nitrogen and oxygen atoms in total. The molecule has 2 N–H and O–H groups in total. The van der Waals surface area contributed by atoms with Crippen LogP contribution >= 0.6 is 0 Å². The van der Waals surface area contributed by atoms with Crippen LogP contribution in [0.2, 0.25) is 0 Å². The number of hydrogen-bond donors (Lipinski definition) is 2. The second-order valence-corrected chi connectivity index (χ2v) is 5.80. The Hall–Kier alpha value is -2.49. The van der Waals surface area contributed by atoms with Crippen LogP contribution in [-0.4, -0.2) is 22.6 Å². The predicted octanol–water partition coefficient (Wildman–Crippen LogP) is 4.77. The van der Waals surface area contributed by atoms with E-state index < -0.39 is 0 Å². The van der Waals surface area contributed by atoms with Gasteiger partial charge in [-0.1, -0.05) is 61.7 Å². The lowest BCUT2D eigenvalue weighted by Gasteiger charge is -2.10. The number of hydrogen-bond acceptors (Lipinski definition) is 4. The third kappa shape index (κ3) is 5.30. The monoisotopic (exact) mass is 327 g/mol. The molecule has 0 atom stereocenters. The first-order chi connectivity index (χ1) is 11.7. The van der Waals surface area contributed by atoms with E-state index in [4.69, 9.17) is 4.74 Å². The number of unbranched alkanes of at least 4 members (excludes halogenated alkanes) is 3. The van der Waals surface area contributed by atoms with Gasteiger partial charge in [0.25, 0.3) is 0 Å². The fourth-order valence-electron chi connectivity index (χ4n) is 2.54. The van der Waals surface area contributed by atoms with Crippen LogP contribution in [-0.2, 0) is 6.42 Å². The molecule has 2 rings (SSSR count). The zero-order valence-corrected chi connectivity index (χ0v) is 14.1. The Bertz CT molecular complexity index is 653. The second kappa shape index (κ2) is 9.60. The lowest BCUT2D eigenvalue weighted by atomic mass is 10.0. The quantitative estimate of drug-likeness (QED) is 0.302. The van der Waals surface area contributed by atoms with Gasteiger partial charge >= 0.3 is 0 Å². The third-order valence-electron chi connectivity index (χ3n) is 3.88. The van der Waals surface area contributed by atoms with Crippen molar-refractivity contribution in [3.8, 4) is 11.5 Å². The Morgan fingerprint density at radius 1 is 1.04 bits per heavy atom. The van der Waals surface area contributed by atoms with Gasteiger partial charge in [0.15, 0.2) is 0 Å². The molecule has 128 valence electrons. The van der Waals surface area contributed by atoms with Gasteiger partial charge in [-0.2, -0.15) is 0 Å². The van der Waals surface area contributed by atoms with Gasteiger partial charge in [-0.3, -0.25) is 0 Å². The molecule has 0 saturated carbocycles. The van der Waals surface area contributed by atoms with E-state index in [9.17, 15) is 10.3 Å². The van der Waals surface area contributed by atoms with E-state index in [0.29, 0.717) is 30.1 Å². The highest BCUT2D eigenvalue weighted by Crippen LogP contribution is 2.25. The van der Waals surface area contributed by atoms with Gasteiger partial charge in [-0.15, -0.1) is 0 Å². The molecule has 0 heterocycles. The number of phenols is 1. The van der Waals surface area contributed by atoms with Crippen LogP contribution in [0.3, 0.4) is 0 Å². The first-order valence-electron chi connectivity index (χ1n) is 8.45. The highest BCUT2D eigenvalue weighted by atomic mass is 16.5. The van der Waals surface area contributed by atoms with Crippen molar-refractivity contribution in [2.24, 2.45) is 5.16 Å². The van der Waals surface area contributed by atoms with E-state index in [-0.39, 0.29) is 5.75 Å². The second-order valence-electron chi connectivity index (χ2n) is 5.80. The van der Waals surface area contributed by atoms with E-state index in [1.807, 2.05) is 30.3 Å². The van der Waals surface area contributed by atoms with Crippen LogP contribution in [0.25, 0.3) is 0 Å². The molecule has 4 heteroatoms. The van der Waals surface area contributed by atoms with E-state index in [1.54, 1.807) is 18.2 Å². The average Bonchev–Trinajstić information content (AvgIpc) is 2.61. The number of rotatable bonds is 9. The van der Waals surface area contributed by atoms with Gasteiger partial charge in [0.2, 0.25) is 0 Å². The van der Waals surface area contributed by atoms with Crippen molar-refractivity contribution in [1.82, 2.24) is 0 Å². The molecule has 0 aromatic heterocycles. The Morgan fingerprint density at radius 2 is 1.83 bits per heavy atom. The Balaban J connectivity index is 2.00. The van der Waals surface area contributed by atoms with Crippen molar-refractivity contribution in [2.45, 2.75) is 39.0 Å². The fourth-order valence-corrected chi connectivity index (χ4v) is 2.54. The van der Waals surface area contributed by atoms with E-state index in [2.05, 4.69) is 12.1 Å². The summed E-state index contributed by atoms with van der Waals surface area (Å²) in [6.45, 7) is 2.82. The topological polar surface area (TPSA) is 62.0 Å². The molecule has 2 aromatic carbocycles. The minimum atomic E-state index is 0.0600. The van der Waals surface area contributed by atoms with Crippen molar-refractivity contribution in [3.05, 3.63) is 59.7 Å². The SMILES string of the molecule is CCCCCCOc1ccc(/C(Cc2ccccc2)=N\O)c(O)c1. The van der Waals surface area contributed by atoms with Gasteiger partial charge in [-0.05, 0) is 24.1 Å². The first kappa shape index (κ1) is 17.9. The van der Waals surface area contributed by atoms with Crippen LogP contribution in [0.4, 0.5) is 0 Å². The summed E-state index contributed by atoms with van der Waals surface area (Å²) < 4.78 is 5.66. The third-order valence-corrected chi connectivity index (χ3v) is 3.88. The number of ether oxygens (including phenoxy) is 1. The van der Waals surface area contributed by atoms with E-state index in [1.165, 1.54) is 12.8 Å².